The third kappa shape index (κ3) is 4.96. The monoisotopic (exact) mass is 722 g/mol. The molecule has 0 spiro atoms. The molecule has 57 heavy (non-hydrogen) atoms. The van der Waals surface area contributed by atoms with Crippen molar-refractivity contribution < 1.29 is 4.42 Å². The van der Waals surface area contributed by atoms with Crippen LogP contribution in [-0.4, -0.2) is 0 Å². The minimum atomic E-state index is 0.914. The van der Waals surface area contributed by atoms with Crippen LogP contribution in [0.2, 0.25) is 0 Å². The van der Waals surface area contributed by atoms with E-state index in [-0.39, 0.29) is 0 Å². The molecule has 12 rings (SSSR count). The molecule has 0 radical (unpaired) electrons. The van der Waals surface area contributed by atoms with E-state index in [2.05, 4.69) is 194 Å². The van der Waals surface area contributed by atoms with Crippen molar-refractivity contribution in [1.29, 1.82) is 0 Å². The van der Waals surface area contributed by atoms with E-state index in [1.54, 1.807) is 0 Å². The lowest BCUT2D eigenvalue weighted by atomic mass is 9.84. The molecule has 0 atom stereocenters. The largest absolute Gasteiger partial charge is 0.455 e. The zero-order valence-corrected chi connectivity index (χ0v) is 31.0. The highest BCUT2D eigenvalue weighted by Crippen LogP contribution is 2.47. The number of rotatable bonds is 4. The minimum absolute atomic E-state index is 0.914. The second kappa shape index (κ2) is 12.5. The van der Waals surface area contributed by atoms with Gasteiger partial charge in [-0.2, -0.15) is 0 Å². The van der Waals surface area contributed by atoms with Crippen molar-refractivity contribution in [3.63, 3.8) is 0 Å². The van der Waals surface area contributed by atoms with Gasteiger partial charge in [0.1, 0.15) is 11.2 Å². The van der Waals surface area contributed by atoms with E-state index in [9.17, 15) is 0 Å². The predicted molar refractivity (Wildman–Crippen MR) is 243 cm³/mol. The van der Waals surface area contributed by atoms with Gasteiger partial charge in [-0.1, -0.05) is 176 Å². The summed E-state index contributed by atoms with van der Waals surface area (Å²) in [5.41, 5.74) is 11.4. The third-order valence-corrected chi connectivity index (χ3v) is 12.0. The van der Waals surface area contributed by atoms with Gasteiger partial charge in [0.15, 0.2) is 0 Å². The molecule has 1 heteroatoms. The van der Waals surface area contributed by atoms with Gasteiger partial charge in [0.2, 0.25) is 0 Å². The van der Waals surface area contributed by atoms with Crippen LogP contribution >= 0.6 is 0 Å². The first-order chi connectivity index (χ1) is 28.3. The highest BCUT2D eigenvalue weighted by molar-refractivity contribution is 6.25. The van der Waals surface area contributed by atoms with Crippen LogP contribution in [0, 0.1) is 0 Å². The number of para-hydroxylation sites is 2. The van der Waals surface area contributed by atoms with Crippen LogP contribution in [0.5, 0.6) is 0 Å². The molecule has 0 amide bonds. The van der Waals surface area contributed by atoms with Crippen LogP contribution in [0.15, 0.2) is 211 Å². The van der Waals surface area contributed by atoms with Crippen molar-refractivity contribution in [3.8, 4) is 44.5 Å². The van der Waals surface area contributed by atoms with E-state index in [4.69, 9.17) is 4.42 Å². The molecule has 12 aromatic rings. The van der Waals surface area contributed by atoms with Gasteiger partial charge < -0.3 is 4.42 Å². The zero-order chi connectivity index (χ0) is 37.5. The maximum Gasteiger partial charge on any atom is 0.143 e. The molecular weight excluding hydrogens is 689 g/mol. The first-order valence-electron chi connectivity index (χ1n) is 19.7. The van der Waals surface area contributed by atoms with E-state index in [1.165, 1.54) is 87.2 Å². The van der Waals surface area contributed by atoms with Crippen molar-refractivity contribution >= 4 is 75.8 Å². The lowest BCUT2D eigenvalue weighted by molar-refractivity contribution is 0.670. The summed E-state index contributed by atoms with van der Waals surface area (Å²) in [7, 11) is 0. The van der Waals surface area contributed by atoms with Gasteiger partial charge in [-0.3, -0.25) is 0 Å². The van der Waals surface area contributed by atoms with Crippen molar-refractivity contribution in [2.45, 2.75) is 0 Å². The topological polar surface area (TPSA) is 13.1 Å². The SMILES string of the molecule is c1cc(-c2cccc(-c3cccc4c3oc3ccccc34)c2)cc(-c2c3ccccc3c(-c3cccc4c3ccc3cc5ccccc5cc34)c3ccccc23)c1. The molecule has 0 aliphatic rings. The number of hydrogen-bond donors (Lipinski definition) is 0. The Kier molecular flexibility index (Phi) is 7.00. The summed E-state index contributed by atoms with van der Waals surface area (Å²) in [6.07, 6.45) is 0. The van der Waals surface area contributed by atoms with Gasteiger partial charge in [-0.15, -0.1) is 0 Å². The summed E-state index contributed by atoms with van der Waals surface area (Å²) in [6, 6.07) is 75.4. The Balaban J connectivity index is 1.04. The van der Waals surface area contributed by atoms with E-state index in [0.717, 1.165) is 33.1 Å². The van der Waals surface area contributed by atoms with Gasteiger partial charge in [-0.05, 0) is 123 Å². The molecule has 0 saturated carbocycles. The van der Waals surface area contributed by atoms with Crippen LogP contribution in [0.4, 0.5) is 0 Å². The van der Waals surface area contributed by atoms with Gasteiger partial charge in [0.05, 0.1) is 0 Å². The van der Waals surface area contributed by atoms with Crippen molar-refractivity contribution in [2.24, 2.45) is 0 Å². The Bertz CT molecular complexity index is 3530. The van der Waals surface area contributed by atoms with E-state index >= 15 is 0 Å². The van der Waals surface area contributed by atoms with Gasteiger partial charge in [0.25, 0.3) is 0 Å². The number of hydrogen-bond acceptors (Lipinski definition) is 1. The second-order valence-electron chi connectivity index (χ2n) is 15.2. The van der Waals surface area contributed by atoms with Gasteiger partial charge >= 0.3 is 0 Å². The van der Waals surface area contributed by atoms with Crippen LogP contribution in [0.1, 0.15) is 0 Å². The molecule has 11 aromatic carbocycles. The fourth-order valence-corrected chi connectivity index (χ4v) is 9.42. The molecule has 1 nitrogen and oxygen atoms in total. The Morgan fingerprint density at radius 2 is 0.772 bits per heavy atom. The second-order valence-corrected chi connectivity index (χ2v) is 15.2. The van der Waals surface area contributed by atoms with E-state index < -0.39 is 0 Å². The standard InChI is InChI=1S/C56H34O/c1-2-14-38-34-52-40(32-35(38)13-1)29-30-44-43(52)25-12-26-46(44)55-49-22-5-3-20-47(49)54(48-21-4-6-23-50(48)55)41-18-10-16-37(33-41)36-15-9-17-39(31-36)42-24-11-27-51-45-19-7-8-28-53(45)57-56(42)51/h1-34H. The maximum absolute atomic E-state index is 6.44. The third-order valence-electron chi connectivity index (χ3n) is 12.0. The number of fused-ring (bicyclic) bond motifs is 9. The van der Waals surface area contributed by atoms with E-state index in [0.29, 0.717) is 0 Å². The number of benzene rings is 11. The molecule has 264 valence electrons. The summed E-state index contributed by atoms with van der Waals surface area (Å²) >= 11 is 0. The average molecular weight is 723 g/mol. The van der Waals surface area contributed by atoms with Crippen molar-refractivity contribution in [1.82, 2.24) is 0 Å². The Morgan fingerprint density at radius 1 is 0.246 bits per heavy atom. The van der Waals surface area contributed by atoms with Crippen LogP contribution < -0.4 is 0 Å². The molecular formula is C56H34O. The normalized spacial score (nSPS) is 11.9. The summed E-state index contributed by atoms with van der Waals surface area (Å²) in [5.74, 6) is 0. The summed E-state index contributed by atoms with van der Waals surface area (Å²) < 4.78 is 6.44. The Morgan fingerprint density at radius 3 is 1.51 bits per heavy atom. The maximum atomic E-state index is 6.44. The van der Waals surface area contributed by atoms with Crippen molar-refractivity contribution in [3.05, 3.63) is 206 Å². The van der Waals surface area contributed by atoms with Gasteiger partial charge in [0, 0.05) is 16.3 Å². The Labute approximate surface area is 329 Å². The fourth-order valence-electron chi connectivity index (χ4n) is 9.42. The summed E-state index contributed by atoms with van der Waals surface area (Å²) in [4.78, 5) is 0. The lowest BCUT2D eigenvalue weighted by Crippen LogP contribution is -1.92. The minimum Gasteiger partial charge on any atom is -0.455 e. The lowest BCUT2D eigenvalue weighted by Gasteiger charge is -2.19. The number of furan rings is 1. The molecule has 1 heterocycles. The Hall–Kier alpha value is -7.48. The molecule has 0 saturated heterocycles. The first kappa shape index (κ1) is 31.8. The molecule has 0 unspecified atom stereocenters. The summed E-state index contributed by atoms with van der Waals surface area (Å²) in [6.45, 7) is 0. The molecule has 0 aliphatic heterocycles. The van der Waals surface area contributed by atoms with Crippen molar-refractivity contribution in [2.75, 3.05) is 0 Å². The van der Waals surface area contributed by atoms with E-state index in [1.807, 2.05) is 12.1 Å². The van der Waals surface area contributed by atoms with Crippen LogP contribution in [0.25, 0.3) is 120 Å². The molecule has 0 fully saturated rings. The predicted octanol–water partition coefficient (Wildman–Crippen LogP) is 16.0. The van der Waals surface area contributed by atoms with Crippen LogP contribution in [0.3, 0.4) is 0 Å². The molecule has 0 N–H and O–H groups in total. The quantitative estimate of drug-likeness (QED) is 0.130. The smallest absolute Gasteiger partial charge is 0.143 e. The summed E-state index contributed by atoms with van der Waals surface area (Å²) in [5, 5.41) is 14.9. The molecule has 0 bridgehead atoms. The highest BCUT2D eigenvalue weighted by atomic mass is 16.3. The highest BCUT2D eigenvalue weighted by Gasteiger charge is 2.19. The fraction of sp³-hybridized carbons (Fsp3) is 0. The molecule has 1 aromatic heterocycles. The van der Waals surface area contributed by atoms with Gasteiger partial charge in [-0.25, -0.2) is 0 Å². The first-order valence-corrected chi connectivity index (χ1v) is 19.7. The zero-order valence-electron chi connectivity index (χ0n) is 31.0. The van der Waals surface area contributed by atoms with Crippen LogP contribution in [-0.2, 0) is 0 Å². The molecule has 0 aliphatic carbocycles. The average Bonchev–Trinajstić information content (AvgIpc) is 3.66.